The summed E-state index contributed by atoms with van der Waals surface area (Å²) in [4.78, 5) is 20.6. The van der Waals surface area contributed by atoms with Crippen molar-refractivity contribution in [2.45, 2.75) is 57.8 Å². The molecule has 0 aliphatic carbocycles. The number of benzene rings is 2. The minimum Gasteiger partial charge on any atom is -0.493 e. The van der Waals surface area contributed by atoms with E-state index in [0.29, 0.717) is 59.3 Å². The number of sulfonamides is 1. The topological polar surface area (TPSA) is 128 Å². The summed E-state index contributed by atoms with van der Waals surface area (Å²) in [5, 5.41) is 4.71. The normalized spacial score (nSPS) is 11.8. The number of methoxy groups -OCH3 is 2. The summed E-state index contributed by atoms with van der Waals surface area (Å²) >= 11 is 0. The maximum Gasteiger partial charge on any atom is 0.277 e. The van der Waals surface area contributed by atoms with E-state index < -0.39 is 10.0 Å². The summed E-state index contributed by atoms with van der Waals surface area (Å²) in [5.41, 5.74) is 1.90. The molecule has 2 aromatic heterocycles. The molecule has 0 amide bonds. The fraction of sp³-hybridized carbons (Fsp3) is 0.433. The van der Waals surface area contributed by atoms with Crippen LogP contribution in [0.2, 0.25) is 0 Å². The van der Waals surface area contributed by atoms with Crippen LogP contribution in [0.3, 0.4) is 0 Å². The zero-order chi connectivity index (χ0) is 30.4. The van der Waals surface area contributed by atoms with E-state index in [4.69, 9.17) is 19.3 Å². The highest BCUT2D eigenvalue weighted by Gasteiger charge is 2.24. The Morgan fingerprint density at radius 1 is 0.976 bits per heavy atom. The van der Waals surface area contributed by atoms with E-state index in [1.165, 1.54) is 23.5 Å². The first-order valence-corrected chi connectivity index (χ1v) is 15.5. The third kappa shape index (κ3) is 6.44. The largest absolute Gasteiger partial charge is 0.493 e. The van der Waals surface area contributed by atoms with Crippen LogP contribution in [0.4, 0.5) is 0 Å². The van der Waals surface area contributed by atoms with Gasteiger partial charge >= 0.3 is 0 Å². The molecule has 12 heteroatoms. The zero-order valence-corrected chi connectivity index (χ0v) is 25.9. The molecule has 42 heavy (non-hydrogen) atoms. The van der Waals surface area contributed by atoms with Gasteiger partial charge in [-0.1, -0.05) is 25.8 Å². The Kier molecular flexibility index (Phi) is 9.89. The minimum atomic E-state index is -3.89. The summed E-state index contributed by atoms with van der Waals surface area (Å²) in [5.74, 6) is 2.50. The average molecular weight is 598 g/mol. The fourth-order valence-corrected chi connectivity index (χ4v) is 6.01. The molecule has 11 nitrogen and oxygen atoms in total. The van der Waals surface area contributed by atoms with E-state index in [0.717, 1.165) is 24.8 Å². The van der Waals surface area contributed by atoms with E-state index in [1.54, 1.807) is 37.8 Å². The molecule has 4 rings (SSSR count). The average Bonchev–Trinajstić information content (AvgIpc) is 3.31. The Labute approximate surface area is 246 Å². The van der Waals surface area contributed by atoms with Gasteiger partial charge in [-0.25, -0.2) is 22.2 Å². The molecule has 0 saturated heterocycles. The number of likely N-dealkylation sites (N-methyl/N-ethyl adjacent to an activating group) is 1. The molecule has 0 unspecified atom stereocenters. The van der Waals surface area contributed by atoms with E-state index >= 15 is 0 Å². The smallest absolute Gasteiger partial charge is 0.277 e. The molecule has 2 aromatic carbocycles. The number of hydrogen-bond donors (Lipinski definition) is 1. The lowest BCUT2D eigenvalue weighted by molar-refractivity contribution is 0.341. The van der Waals surface area contributed by atoms with Crippen molar-refractivity contribution in [2.24, 2.45) is 0 Å². The van der Waals surface area contributed by atoms with Gasteiger partial charge in [0.1, 0.15) is 11.6 Å². The number of unbranched alkanes of at least 4 members (excludes halogenated alkanes) is 2. The Morgan fingerprint density at radius 2 is 1.71 bits per heavy atom. The van der Waals surface area contributed by atoms with Gasteiger partial charge in [0.05, 0.1) is 37.0 Å². The quantitative estimate of drug-likeness (QED) is 0.212. The molecule has 4 aromatic rings. The summed E-state index contributed by atoms with van der Waals surface area (Å²) in [7, 11) is 0.771. The zero-order valence-electron chi connectivity index (χ0n) is 25.1. The molecule has 0 aliphatic rings. The van der Waals surface area contributed by atoms with Gasteiger partial charge < -0.3 is 19.2 Å². The van der Waals surface area contributed by atoms with Crippen molar-refractivity contribution in [1.82, 2.24) is 23.9 Å². The molecule has 2 heterocycles. The van der Waals surface area contributed by atoms with Gasteiger partial charge in [0.25, 0.3) is 5.56 Å². The van der Waals surface area contributed by atoms with Crippen LogP contribution in [0.15, 0.2) is 46.1 Å². The Hall–Kier alpha value is -3.90. The molecule has 0 aliphatic heterocycles. The van der Waals surface area contributed by atoms with Gasteiger partial charge in [0, 0.05) is 20.0 Å². The number of H-pyrrole nitrogens is 1. The van der Waals surface area contributed by atoms with Crippen LogP contribution in [-0.2, 0) is 22.9 Å². The Morgan fingerprint density at radius 3 is 2.40 bits per heavy atom. The standard InChI is InChI=1S/C30H39N5O6S/c1-7-9-10-11-27-31-20(3)28-30(36)32-29(33-35(27)28)23-19-22(13-15-24(23)41-8-2)42(37,38)34(4)17-16-21-12-14-25(39-5)26(18-21)40-6/h12-15,18-19H,7-11,16-17H2,1-6H3,(H,32,33,36). The molecule has 0 saturated carbocycles. The lowest BCUT2D eigenvalue weighted by Gasteiger charge is -2.19. The number of nitrogens with one attached hydrogen (secondary N) is 1. The first-order chi connectivity index (χ1) is 20.1. The summed E-state index contributed by atoms with van der Waals surface area (Å²) in [6, 6.07) is 10.1. The van der Waals surface area contributed by atoms with Gasteiger partial charge in [-0.05, 0) is 62.6 Å². The SMILES string of the molecule is CCCCCc1nc(C)c2c(=O)[nH]c(-c3cc(S(=O)(=O)N(C)CCc4ccc(OC)c(OC)c4)ccc3OCC)nn12. The molecule has 0 atom stereocenters. The highest BCUT2D eigenvalue weighted by molar-refractivity contribution is 7.89. The second-order valence-electron chi connectivity index (χ2n) is 9.99. The fourth-order valence-electron chi connectivity index (χ4n) is 4.81. The lowest BCUT2D eigenvalue weighted by Crippen LogP contribution is -2.29. The van der Waals surface area contributed by atoms with E-state index in [9.17, 15) is 13.2 Å². The van der Waals surface area contributed by atoms with Crippen molar-refractivity contribution >= 4 is 15.5 Å². The number of fused-ring (bicyclic) bond motifs is 1. The van der Waals surface area contributed by atoms with Crippen molar-refractivity contribution in [3.8, 4) is 28.6 Å². The molecule has 0 bridgehead atoms. The van der Waals surface area contributed by atoms with Gasteiger partial charge in [0.2, 0.25) is 10.0 Å². The predicted molar refractivity (Wildman–Crippen MR) is 161 cm³/mol. The van der Waals surface area contributed by atoms with Crippen molar-refractivity contribution in [3.63, 3.8) is 0 Å². The monoisotopic (exact) mass is 597 g/mol. The Balaban J connectivity index is 1.68. The molecule has 226 valence electrons. The number of hydrogen-bond acceptors (Lipinski definition) is 8. The number of rotatable bonds is 14. The summed E-state index contributed by atoms with van der Waals surface area (Å²) in [6.45, 7) is 6.33. The summed E-state index contributed by atoms with van der Waals surface area (Å²) < 4.78 is 46.6. The number of ether oxygens (including phenoxy) is 3. The maximum absolute atomic E-state index is 13.6. The van der Waals surface area contributed by atoms with Gasteiger partial charge in [0.15, 0.2) is 22.8 Å². The molecular formula is C30H39N5O6S. The van der Waals surface area contributed by atoms with Gasteiger partial charge in [-0.2, -0.15) is 0 Å². The molecule has 0 radical (unpaired) electrons. The van der Waals surface area contributed by atoms with Crippen LogP contribution in [0.25, 0.3) is 16.9 Å². The number of nitrogens with zero attached hydrogens (tertiary/aromatic N) is 4. The van der Waals surface area contributed by atoms with Crippen LogP contribution in [0.1, 0.15) is 50.2 Å². The first-order valence-electron chi connectivity index (χ1n) is 14.1. The third-order valence-electron chi connectivity index (χ3n) is 7.12. The second kappa shape index (κ2) is 13.4. The lowest BCUT2D eigenvalue weighted by atomic mass is 10.1. The number of imidazole rings is 1. The van der Waals surface area contributed by atoms with Crippen LogP contribution in [0, 0.1) is 6.92 Å². The van der Waals surface area contributed by atoms with Crippen molar-refractivity contribution in [2.75, 3.05) is 34.4 Å². The van der Waals surface area contributed by atoms with Crippen molar-refractivity contribution in [1.29, 1.82) is 0 Å². The van der Waals surface area contributed by atoms with E-state index in [-0.39, 0.29) is 22.8 Å². The summed E-state index contributed by atoms with van der Waals surface area (Å²) in [6.07, 6.45) is 4.16. The van der Waals surface area contributed by atoms with Crippen molar-refractivity contribution in [3.05, 3.63) is 63.8 Å². The highest BCUT2D eigenvalue weighted by atomic mass is 32.2. The predicted octanol–water partition coefficient (Wildman–Crippen LogP) is 4.40. The van der Waals surface area contributed by atoms with E-state index in [1.807, 2.05) is 19.1 Å². The van der Waals surface area contributed by atoms with Gasteiger partial charge in [-0.15, -0.1) is 5.10 Å². The van der Waals surface area contributed by atoms with Crippen LogP contribution in [0.5, 0.6) is 17.2 Å². The Bertz CT molecular complexity index is 1710. The number of aromatic nitrogens is 4. The number of aryl methyl sites for hydroxylation is 2. The first kappa shape index (κ1) is 31.0. The minimum absolute atomic E-state index is 0.0588. The van der Waals surface area contributed by atoms with Crippen LogP contribution in [-0.4, -0.2) is 66.7 Å². The second-order valence-corrected chi connectivity index (χ2v) is 12.0. The van der Waals surface area contributed by atoms with E-state index in [2.05, 4.69) is 16.9 Å². The van der Waals surface area contributed by atoms with Crippen LogP contribution < -0.4 is 19.8 Å². The molecule has 0 fully saturated rings. The third-order valence-corrected chi connectivity index (χ3v) is 8.98. The molecule has 1 N–H and O–H groups in total. The maximum atomic E-state index is 13.6. The van der Waals surface area contributed by atoms with Crippen molar-refractivity contribution < 1.29 is 22.6 Å². The molecule has 0 spiro atoms. The van der Waals surface area contributed by atoms with Crippen LogP contribution >= 0.6 is 0 Å². The highest BCUT2D eigenvalue weighted by Crippen LogP contribution is 2.32. The number of aromatic amines is 1. The molecular weight excluding hydrogens is 558 g/mol. The van der Waals surface area contributed by atoms with Gasteiger partial charge in [-0.3, -0.25) is 4.79 Å².